The summed E-state index contributed by atoms with van der Waals surface area (Å²) in [6, 6.07) is 6.02. The minimum Gasteiger partial charge on any atom is -0.490 e. The Hall–Kier alpha value is -1.71. The number of thiocarbonyl (C=S) groups is 1. The normalized spacial score (nSPS) is 26.7. The second-order valence-corrected chi connectivity index (χ2v) is 8.25. The molecular weight excluding hydrogens is 384 g/mol. The van der Waals surface area contributed by atoms with Crippen LogP contribution in [0.25, 0.3) is 0 Å². The van der Waals surface area contributed by atoms with Crippen molar-refractivity contribution >= 4 is 35.0 Å². The van der Waals surface area contributed by atoms with Crippen molar-refractivity contribution in [3.05, 3.63) is 23.8 Å². The second kappa shape index (κ2) is 7.73. The third kappa shape index (κ3) is 3.32. The molecule has 3 aliphatic rings. The van der Waals surface area contributed by atoms with E-state index in [4.69, 9.17) is 21.7 Å². The molecule has 3 aliphatic heterocycles. The fourth-order valence-corrected chi connectivity index (χ4v) is 5.56. The number of fused-ring (bicyclic) bond motifs is 3. The van der Waals surface area contributed by atoms with Crippen LogP contribution in [0.1, 0.15) is 25.8 Å². The maximum Gasteiger partial charge on any atom is 0.240 e. The number of nitrogens with zero attached hydrogens (tertiary/aromatic N) is 2. The Kier molecular flexibility index (Phi) is 5.34. The van der Waals surface area contributed by atoms with E-state index in [1.807, 2.05) is 36.9 Å². The predicted molar refractivity (Wildman–Crippen MR) is 108 cm³/mol. The molecule has 3 unspecified atom stereocenters. The molecule has 9 heteroatoms. The standard InChI is InChI=1S/C18H24N4O3S2/c1-3-24-13-6-5-11(9-14(13)25-4-2)10-21-16(23)15-12(7-8-27-15)22-17(21)19-20-18(22)26/h5-6,9,12,15,17,19H,3-4,7-8,10H2,1-2H3,(H,20,26). The number of carbonyl (C=O) groups excluding carboxylic acids is 1. The van der Waals surface area contributed by atoms with Crippen molar-refractivity contribution in [1.29, 1.82) is 0 Å². The molecule has 146 valence electrons. The van der Waals surface area contributed by atoms with Crippen LogP contribution >= 0.6 is 24.0 Å². The number of thioether (sulfide) groups is 1. The zero-order chi connectivity index (χ0) is 19.0. The zero-order valence-electron chi connectivity index (χ0n) is 15.4. The highest BCUT2D eigenvalue weighted by Gasteiger charge is 2.52. The summed E-state index contributed by atoms with van der Waals surface area (Å²) in [6.07, 6.45) is 0.721. The first-order chi connectivity index (χ1) is 13.1. The number of hydrazine groups is 1. The number of amides is 1. The number of hydrogen-bond acceptors (Lipinski definition) is 6. The molecule has 1 aromatic carbocycles. The van der Waals surface area contributed by atoms with Crippen LogP contribution in [0.4, 0.5) is 0 Å². The Morgan fingerprint density at radius 1 is 1.26 bits per heavy atom. The molecular formula is C18H24N4O3S2. The predicted octanol–water partition coefficient (Wildman–Crippen LogP) is 1.68. The number of hydrogen-bond donors (Lipinski definition) is 2. The van der Waals surface area contributed by atoms with Crippen LogP contribution in [-0.4, -0.2) is 57.4 Å². The largest absolute Gasteiger partial charge is 0.490 e. The van der Waals surface area contributed by atoms with Crippen molar-refractivity contribution in [3.63, 3.8) is 0 Å². The van der Waals surface area contributed by atoms with Crippen molar-refractivity contribution in [2.45, 2.75) is 44.4 Å². The Bertz CT molecular complexity index is 747. The SMILES string of the molecule is CCOc1ccc(CN2C(=O)C3SCCC3N3C(=S)NNC23)cc1OCC. The van der Waals surface area contributed by atoms with Gasteiger partial charge < -0.3 is 19.3 Å². The lowest BCUT2D eigenvalue weighted by molar-refractivity contribution is -0.144. The van der Waals surface area contributed by atoms with Crippen LogP contribution < -0.4 is 20.3 Å². The summed E-state index contributed by atoms with van der Waals surface area (Å²) in [5.74, 6) is 2.58. The van der Waals surface area contributed by atoms with Gasteiger partial charge >= 0.3 is 0 Å². The van der Waals surface area contributed by atoms with Crippen molar-refractivity contribution < 1.29 is 14.3 Å². The van der Waals surface area contributed by atoms with Gasteiger partial charge in [0.05, 0.1) is 19.3 Å². The Balaban J connectivity index is 1.60. The van der Waals surface area contributed by atoms with Gasteiger partial charge in [-0.1, -0.05) is 6.07 Å². The summed E-state index contributed by atoms with van der Waals surface area (Å²) in [5.41, 5.74) is 7.19. The van der Waals surface area contributed by atoms with Gasteiger partial charge in [-0.3, -0.25) is 10.2 Å². The molecule has 27 heavy (non-hydrogen) atoms. The Morgan fingerprint density at radius 3 is 2.81 bits per heavy atom. The lowest BCUT2D eigenvalue weighted by atomic mass is 10.0. The third-order valence-corrected chi connectivity index (χ3v) is 6.67. The summed E-state index contributed by atoms with van der Waals surface area (Å²) in [7, 11) is 0. The number of rotatable bonds is 6. The molecule has 0 spiro atoms. The third-order valence-electron chi connectivity index (χ3n) is 5.01. The quantitative estimate of drug-likeness (QED) is 0.690. The Morgan fingerprint density at radius 2 is 2.04 bits per heavy atom. The van der Waals surface area contributed by atoms with E-state index in [-0.39, 0.29) is 23.5 Å². The van der Waals surface area contributed by atoms with Crippen molar-refractivity contribution in [2.24, 2.45) is 0 Å². The molecule has 4 rings (SSSR count). The summed E-state index contributed by atoms with van der Waals surface area (Å²) >= 11 is 7.19. The van der Waals surface area contributed by atoms with Crippen LogP contribution in [0.2, 0.25) is 0 Å². The second-order valence-electron chi connectivity index (χ2n) is 6.62. The first-order valence-corrected chi connectivity index (χ1v) is 10.7. The smallest absolute Gasteiger partial charge is 0.240 e. The molecule has 0 saturated carbocycles. The van der Waals surface area contributed by atoms with Gasteiger partial charge in [-0.2, -0.15) is 5.43 Å². The maximum absolute atomic E-state index is 13.2. The minimum absolute atomic E-state index is 0.0602. The lowest BCUT2D eigenvalue weighted by Crippen LogP contribution is -2.65. The molecule has 1 amide bonds. The molecule has 3 fully saturated rings. The molecule has 0 bridgehead atoms. The number of nitrogens with one attached hydrogen (secondary N) is 2. The van der Waals surface area contributed by atoms with Gasteiger partial charge in [0.2, 0.25) is 5.91 Å². The first kappa shape index (κ1) is 18.6. The fourth-order valence-electron chi connectivity index (χ4n) is 3.87. The van der Waals surface area contributed by atoms with Crippen LogP contribution in [-0.2, 0) is 11.3 Å². The summed E-state index contributed by atoms with van der Waals surface area (Å²) in [5, 5.41) is 0.603. The first-order valence-electron chi connectivity index (χ1n) is 9.28. The molecule has 3 atom stereocenters. The van der Waals surface area contributed by atoms with Gasteiger partial charge in [-0.25, -0.2) is 0 Å². The zero-order valence-corrected chi connectivity index (χ0v) is 17.1. The minimum atomic E-state index is -0.257. The van der Waals surface area contributed by atoms with Crippen molar-refractivity contribution in [2.75, 3.05) is 19.0 Å². The molecule has 3 heterocycles. The Labute approximate surface area is 168 Å². The van der Waals surface area contributed by atoms with E-state index in [2.05, 4.69) is 15.8 Å². The molecule has 0 aromatic heterocycles. The van der Waals surface area contributed by atoms with Gasteiger partial charge in [-0.05, 0) is 55.9 Å². The van der Waals surface area contributed by atoms with Gasteiger partial charge in [-0.15, -0.1) is 11.8 Å². The molecule has 0 radical (unpaired) electrons. The summed E-state index contributed by atoms with van der Waals surface area (Å²) in [6.45, 7) is 5.51. The van der Waals surface area contributed by atoms with E-state index < -0.39 is 0 Å². The average molecular weight is 409 g/mol. The highest BCUT2D eigenvalue weighted by Crippen LogP contribution is 2.39. The van der Waals surface area contributed by atoms with E-state index in [1.165, 1.54) is 0 Å². The summed E-state index contributed by atoms with van der Waals surface area (Å²) < 4.78 is 11.4. The number of benzene rings is 1. The van der Waals surface area contributed by atoms with Crippen LogP contribution in [0.5, 0.6) is 11.5 Å². The number of carbonyl (C=O) groups is 1. The topological polar surface area (TPSA) is 66.1 Å². The molecule has 1 aromatic rings. The van der Waals surface area contributed by atoms with E-state index in [0.29, 0.717) is 30.6 Å². The highest BCUT2D eigenvalue weighted by molar-refractivity contribution is 8.00. The van der Waals surface area contributed by atoms with Crippen molar-refractivity contribution in [3.8, 4) is 11.5 Å². The highest BCUT2D eigenvalue weighted by atomic mass is 32.2. The van der Waals surface area contributed by atoms with E-state index in [1.54, 1.807) is 11.8 Å². The molecule has 7 nitrogen and oxygen atoms in total. The van der Waals surface area contributed by atoms with Gasteiger partial charge in [0.1, 0.15) is 5.25 Å². The van der Waals surface area contributed by atoms with E-state index in [9.17, 15) is 4.79 Å². The van der Waals surface area contributed by atoms with E-state index in [0.717, 1.165) is 23.5 Å². The van der Waals surface area contributed by atoms with Gasteiger partial charge in [0.25, 0.3) is 0 Å². The van der Waals surface area contributed by atoms with Crippen LogP contribution in [0.3, 0.4) is 0 Å². The van der Waals surface area contributed by atoms with Crippen LogP contribution in [0.15, 0.2) is 18.2 Å². The fraction of sp³-hybridized carbons (Fsp3) is 0.556. The van der Waals surface area contributed by atoms with Gasteiger partial charge in [0.15, 0.2) is 22.9 Å². The molecule has 3 saturated heterocycles. The lowest BCUT2D eigenvalue weighted by Gasteiger charge is -2.45. The molecule has 0 aliphatic carbocycles. The monoisotopic (exact) mass is 408 g/mol. The summed E-state index contributed by atoms with van der Waals surface area (Å²) in [4.78, 5) is 17.1. The maximum atomic E-state index is 13.2. The molecule has 2 N–H and O–H groups in total. The van der Waals surface area contributed by atoms with E-state index >= 15 is 0 Å². The van der Waals surface area contributed by atoms with Crippen molar-refractivity contribution in [1.82, 2.24) is 20.7 Å². The van der Waals surface area contributed by atoms with Crippen LogP contribution in [0, 0.1) is 0 Å². The average Bonchev–Trinajstić information content (AvgIpc) is 3.28. The number of ether oxygens (including phenoxy) is 2. The van der Waals surface area contributed by atoms with Gasteiger partial charge in [0, 0.05) is 6.54 Å².